The molecule has 1 fully saturated rings. The van der Waals surface area contributed by atoms with Gasteiger partial charge in [0.1, 0.15) is 18.2 Å². The van der Waals surface area contributed by atoms with Crippen LogP contribution in [-0.4, -0.2) is 67.5 Å². The Bertz CT molecular complexity index is 449. The van der Waals surface area contributed by atoms with Crippen molar-refractivity contribution in [2.24, 2.45) is 0 Å². The van der Waals surface area contributed by atoms with Crippen LogP contribution in [0.5, 0.6) is 0 Å². The van der Waals surface area contributed by atoms with Gasteiger partial charge in [-0.05, 0) is 0 Å². The van der Waals surface area contributed by atoms with E-state index in [-0.39, 0.29) is 13.0 Å². The van der Waals surface area contributed by atoms with Gasteiger partial charge in [0.2, 0.25) is 0 Å². The molecule has 104 valence electrons. The maximum Gasteiger partial charge on any atom is 0.326 e. The van der Waals surface area contributed by atoms with Crippen molar-refractivity contribution in [2.75, 3.05) is 13.1 Å². The molecule has 2 rings (SSSR count). The normalized spacial score (nSPS) is 22.5. The first-order valence-electron chi connectivity index (χ1n) is 5.87. The third-order valence-electron chi connectivity index (χ3n) is 2.93. The number of H-pyrrole nitrogens is 1. The summed E-state index contributed by atoms with van der Waals surface area (Å²) in [5, 5.41) is 27.3. The summed E-state index contributed by atoms with van der Waals surface area (Å²) in [5.74, 6) is -0.474. The minimum absolute atomic E-state index is 0.0328. The smallest absolute Gasteiger partial charge is 0.326 e. The van der Waals surface area contributed by atoms with Gasteiger partial charge in [-0.3, -0.25) is 5.10 Å². The molecule has 9 nitrogen and oxygen atoms in total. The fourth-order valence-corrected chi connectivity index (χ4v) is 2.01. The topological polar surface area (TPSA) is 131 Å². The van der Waals surface area contributed by atoms with Crippen LogP contribution in [0.3, 0.4) is 0 Å². The molecule has 2 amide bonds. The molecule has 1 aliphatic rings. The summed E-state index contributed by atoms with van der Waals surface area (Å²) in [6, 6.07) is -1.47. The van der Waals surface area contributed by atoms with E-state index >= 15 is 0 Å². The van der Waals surface area contributed by atoms with Gasteiger partial charge < -0.3 is 20.4 Å². The second-order valence-corrected chi connectivity index (χ2v) is 4.31. The van der Waals surface area contributed by atoms with Crippen LogP contribution in [0.1, 0.15) is 12.2 Å². The number of rotatable bonds is 4. The molecule has 4 N–H and O–H groups in total. The number of β-amino-alcohol motifs (C(OH)–C–C–N with tert-alkyl or cyclic N) is 1. The highest BCUT2D eigenvalue weighted by Gasteiger charge is 2.38. The first-order chi connectivity index (χ1) is 9.08. The molecular formula is C10H15N5O4. The van der Waals surface area contributed by atoms with E-state index in [1.54, 1.807) is 0 Å². The average molecular weight is 269 g/mol. The van der Waals surface area contributed by atoms with Crippen molar-refractivity contribution in [2.45, 2.75) is 25.0 Å². The zero-order valence-electron chi connectivity index (χ0n) is 10.1. The van der Waals surface area contributed by atoms with Gasteiger partial charge >= 0.3 is 12.0 Å². The van der Waals surface area contributed by atoms with Crippen LogP contribution in [0.25, 0.3) is 0 Å². The number of amides is 2. The van der Waals surface area contributed by atoms with Gasteiger partial charge in [-0.2, -0.15) is 5.10 Å². The number of urea groups is 1. The standard InChI is InChI=1S/C10H15N5O4/c16-6-3-7(9(17)18)15(4-6)10(19)11-2-1-8-12-5-13-14-8/h5-7,16H,1-4H2,(H,11,19)(H,17,18)(H,12,13,14)/t6-,7+/m1/s1. The van der Waals surface area contributed by atoms with Gasteiger partial charge in [-0.1, -0.05) is 0 Å². The molecule has 19 heavy (non-hydrogen) atoms. The lowest BCUT2D eigenvalue weighted by atomic mass is 10.2. The predicted molar refractivity (Wildman–Crippen MR) is 62.2 cm³/mol. The summed E-state index contributed by atoms with van der Waals surface area (Å²) in [7, 11) is 0. The molecule has 0 unspecified atom stereocenters. The summed E-state index contributed by atoms with van der Waals surface area (Å²) < 4.78 is 0. The quantitative estimate of drug-likeness (QED) is 0.530. The molecule has 0 aliphatic carbocycles. The Labute approximate surface area is 108 Å². The molecule has 0 radical (unpaired) electrons. The SMILES string of the molecule is O=C(O)[C@@H]1C[C@@H](O)CN1C(=O)NCCc1ncn[nH]1. The first kappa shape index (κ1) is 13.3. The summed E-state index contributed by atoms with van der Waals surface area (Å²) in [6.45, 7) is 0.345. The number of carboxylic acids is 1. The van der Waals surface area contributed by atoms with Crippen LogP contribution in [0, 0.1) is 0 Å². The zero-order chi connectivity index (χ0) is 13.8. The van der Waals surface area contributed by atoms with Crippen molar-refractivity contribution in [3.63, 3.8) is 0 Å². The Morgan fingerprint density at radius 2 is 2.37 bits per heavy atom. The van der Waals surface area contributed by atoms with E-state index in [9.17, 15) is 14.7 Å². The van der Waals surface area contributed by atoms with E-state index < -0.39 is 24.1 Å². The molecule has 0 spiro atoms. The van der Waals surface area contributed by atoms with Crippen LogP contribution in [0.4, 0.5) is 4.79 Å². The molecule has 9 heteroatoms. The third kappa shape index (κ3) is 3.19. The minimum Gasteiger partial charge on any atom is -0.480 e. The summed E-state index contributed by atoms with van der Waals surface area (Å²) in [6.07, 6.45) is 1.11. The Morgan fingerprint density at radius 1 is 1.58 bits per heavy atom. The third-order valence-corrected chi connectivity index (χ3v) is 2.93. The molecule has 0 saturated carbocycles. The van der Waals surface area contributed by atoms with Crippen LogP contribution in [0.2, 0.25) is 0 Å². The van der Waals surface area contributed by atoms with E-state index in [4.69, 9.17) is 5.11 Å². The highest BCUT2D eigenvalue weighted by Crippen LogP contribution is 2.17. The average Bonchev–Trinajstić information content (AvgIpc) is 2.98. The Kier molecular flexibility index (Phi) is 3.95. The zero-order valence-corrected chi connectivity index (χ0v) is 10.1. The van der Waals surface area contributed by atoms with E-state index in [2.05, 4.69) is 20.5 Å². The van der Waals surface area contributed by atoms with Gasteiger partial charge in [-0.25, -0.2) is 14.6 Å². The fourth-order valence-electron chi connectivity index (χ4n) is 2.01. The van der Waals surface area contributed by atoms with Crippen molar-refractivity contribution < 1.29 is 19.8 Å². The number of nitrogens with one attached hydrogen (secondary N) is 2. The number of hydrogen-bond acceptors (Lipinski definition) is 5. The highest BCUT2D eigenvalue weighted by molar-refractivity contribution is 5.83. The Balaban J connectivity index is 1.83. The number of carboxylic acid groups (broad SMARTS) is 1. The van der Waals surface area contributed by atoms with Crippen molar-refractivity contribution >= 4 is 12.0 Å². The maximum atomic E-state index is 11.8. The number of nitrogens with zero attached hydrogens (tertiary/aromatic N) is 3. The number of hydrogen-bond donors (Lipinski definition) is 4. The van der Waals surface area contributed by atoms with E-state index in [0.29, 0.717) is 18.8 Å². The molecule has 2 heterocycles. The van der Waals surface area contributed by atoms with Crippen LogP contribution in [-0.2, 0) is 11.2 Å². The van der Waals surface area contributed by atoms with E-state index in [1.165, 1.54) is 6.33 Å². The molecule has 2 atom stereocenters. The van der Waals surface area contributed by atoms with Gasteiger partial charge in [-0.15, -0.1) is 0 Å². The van der Waals surface area contributed by atoms with E-state index in [0.717, 1.165) is 4.90 Å². The second kappa shape index (κ2) is 5.65. The lowest BCUT2D eigenvalue weighted by Crippen LogP contribution is -2.46. The molecule has 0 aromatic carbocycles. The molecule has 0 bridgehead atoms. The highest BCUT2D eigenvalue weighted by atomic mass is 16.4. The van der Waals surface area contributed by atoms with Crippen molar-refractivity contribution in [3.8, 4) is 0 Å². The van der Waals surface area contributed by atoms with Gasteiger partial charge in [0.15, 0.2) is 0 Å². The lowest BCUT2D eigenvalue weighted by molar-refractivity contribution is -0.141. The number of carbonyl (C=O) groups is 2. The number of aliphatic hydroxyl groups excluding tert-OH is 1. The van der Waals surface area contributed by atoms with Crippen LogP contribution in [0.15, 0.2) is 6.33 Å². The summed E-state index contributed by atoms with van der Waals surface area (Å²) >= 11 is 0. The Hall–Kier alpha value is -2.16. The number of aromatic nitrogens is 3. The Morgan fingerprint density at radius 3 is 3.00 bits per heavy atom. The van der Waals surface area contributed by atoms with Crippen LogP contribution < -0.4 is 5.32 Å². The number of carbonyl (C=O) groups excluding carboxylic acids is 1. The predicted octanol–water partition coefficient (Wildman–Crippen LogP) is -1.42. The first-order valence-corrected chi connectivity index (χ1v) is 5.87. The monoisotopic (exact) mass is 269 g/mol. The van der Waals surface area contributed by atoms with Gasteiger partial charge in [0.25, 0.3) is 0 Å². The fraction of sp³-hybridized carbons (Fsp3) is 0.600. The van der Waals surface area contributed by atoms with Crippen LogP contribution >= 0.6 is 0 Å². The maximum absolute atomic E-state index is 11.8. The molecule has 1 aliphatic heterocycles. The number of aliphatic carboxylic acids is 1. The van der Waals surface area contributed by atoms with E-state index in [1.807, 2.05) is 0 Å². The van der Waals surface area contributed by atoms with Gasteiger partial charge in [0, 0.05) is 25.9 Å². The van der Waals surface area contributed by atoms with Crippen molar-refractivity contribution in [1.82, 2.24) is 25.4 Å². The van der Waals surface area contributed by atoms with Crippen molar-refractivity contribution in [1.29, 1.82) is 0 Å². The second-order valence-electron chi connectivity index (χ2n) is 4.31. The number of aliphatic hydroxyl groups is 1. The summed E-state index contributed by atoms with van der Waals surface area (Å²) in [5.41, 5.74) is 0. The largest absolute Gasteiger partial charge is 0.480 e. The van der Waals surface area contributed by atoms with Crippen molar-refractivity contribution in [3.05, 3.63) is 12.2 Å². The van der Waals surface area contributed by atoms with Gasteiger partial charge in [0.05, 0.1) is 6.10 Å². The molecule has 1 aromatic heterocycles. The molecule has 1 aromatic rings. The number of likely N-dealkylation sites (tertiary alicyclic amines) is 1. The molecule has 1 saturated heterocycles. The lowest BCUT2D eigenvalue weighted by Gasteiger charge is -2.21. The molecular weight excluding hydrogens is 254 g/mol. The minimum atomic E-state index is -1.11. The number of aromatic amines is 1. The summed E-state index contributed by atoms with van der Waals surface area (Å²) in [4.78, 5) is 27.8.